The average molecular weight is 356 g/mol. The normalized spacial score (nSPS) is 19.4. The summed E-state index contributed by atoms with van der Waals surface area (Å²) in [6, 6.07) is 9.46. The van der Waals surface area contributed by atoms with Gasteiger partial charge in [0, 0.05) is 19.3 Å². The van der Waals surface area contributed by atoms with Gasteiger partial charge >= 0.3 is 6.18 Å². The number of alkyl halides is 3. The van der Waals surface area contributed by atoms with Gasteiger partial charge in [-0.2, -0.15) is 13.2 Å². The fraction of sp³-hybridized carbons (Fsp3) is 0.353. The van der Waals surface area contributed by atoms with Gasteiger partial charge in [0.2, 0.25) is 0 Å². The number of halogens is 4. The topological polar surface area (TPSA) is 43.4 Å². The SMILES string of the molecule is Fc1ccnc(C(F)(F)F)c1O[C@@H](c1ccccc1)[C@@H]1CNCCO1. The van der Waals surface area contributed by atoms with Gasteiger partial charge in [-0.15, -0.1) is 0 Å². The molecule has 0 amide bonds. The molecule has 2 atom stereocenters. The maximum absolute atomic E-state index is 14.1. The first-order chi connectivity index (χ1) is 12.0. The van der Waals surface area contributed by atoms with E-state index in [4.69, 9.17) is 9.47 Å². The molecule has 1 aliphatic rings. The van der Waals surface area contributed by atoms with Crippen LogP contribution in [0.4, 0.5) is 17.6 Å². The van der Waals surface area contributed by atoms with Crippen LogP contribution in [-0.2, 0) is 10.9 Å². The maximum Gasteiger partial charge on any atom is 0.437 e. The molecule has 0 bridgehead atoms. The first-order valence-corrected chi connectivity index (χ1v) is 7.72. The lowest BCUT2D eigenvalue weighted by Crippen LogP contribution is -2.43. The van der Waals surface area contributed by atoms with Crippen molar-refractivity contribution in [1.82, 2.24) is 10.3 Å². The molecule has 0 unspecified atom stereocenters. The number of nitrogens with zero attached hydrogens (tertiary/aromatic N) is 1. The molecule has 2 heterocycles. The van der Waals surface area contributed by atoms with E-state index in [1.807, 2.05) is 0 Å². The summed E-state index contributed by atoms with van der Waals surface area (Å²) >= 11 is 0. The molecule has 3 rings (SSSR count). The fourth-order valence-electron chi connectivity index (χ4n) is 2.65. The van der Waals surface area contributed by atoms with Crippen molar-refractivity contribution in [2.45, 2.75) is 18.4 Å². The number of nitrogens with one attached hydrogen (secondary N) is 1. The van der Waals surface area contributed by atoms with Crippen LogP contribution in [-0.4, -0.2) is 30.8 Å². The quantitative estimate of drug-likeness (QED) is 0.854. The van der Waals surface area contributed by atoms with Crippen LogP contribution in [0.2, 0.25) is 0 Å². The summed E-state index contributed by atoms with van der Waals surface area (Å²) in [5, 5.41) is 3.09. The second kappa shape index (κ2) is 7.37. The molecule has 4 nitrogen and oxygen atoms in total. The van der Waals surface area contributed by atoms with E-state index in [0.717, 1.165) is 12.3 Å². The van der Waals surface area contributed by atoms with Crippen molar-refractivity contribution in [3.63, 3.8) is 0 Å². The lowest BCUT2D eigenvalue weighted by molar-refractivity contribution is -0.144. The van der Waals surface area contributed by atoms with Gasteiger partial charge in [-0.25, -0.2) is 9.37 Å². The first-order valence-electron chi connectivity index (χ1n) is 7.72. The van der Waals surface area contributed by atoms with Gasteiger partial charge in [0.1, 0.15) is 6.10 Å². The lowest BCUT2D eigenvalue weighted by atomic mass is 10.0. The monoisotopic (exact) mass is 356 g/mol. The second-order valence-corrected chi connectivity index (χ2v) is 5.53. The number of hydrogen-bond acceptors (Lipinski definition) is 4. The number of rotatable bonds is 4. The van der Waals surface area contributed by atoms with Crippen molar-refractivity contribution in [1.29, 1.82) is 0 Å². The number of pyridine rings is 1. The largest absolute Gasteiger partial charge is 0.478 e. The van der Waals surface area contributed by atoms with Crippen LogP contribution < -0.4 is 10.1 Å². The van der Waals surface area contributed by atoms with Crippen molar-refractivity contribution in [3.8, 4) is 5.75 Å². The van der Waals surface area contributed by atoms with Gasteiger partial charge in [-0.1, -0.05) is 30.3 Å². The Balaban J connectivity index is 1.99. The molecule has 0 spiro atoms. The Morgan fingerprint density at radius 3 is 2.60 bits per heavy atom. The smallest absolute Gasteiger partial charge is 0.437 e. The van der Waals surface area contributed by atoms with Gasteiger partial charge in [0.15, 0.2) is 23.4 Å². The summed E-state index contributed by atoms with van der Waals surface area (Å²) in [7, 11) is 0. The van der Waals surface area contributed by atoms with Crippen LogP contribution in [0.15, 0.2) is 42.6 Å². The highest BCUT2D eigenvalue weighted by Crippen LogP contribution is 2.38. The van der Waals surface area contributed by atoms with Crippen LogP contribution >= 0.6 is 0 Å². The van der Waals surface area contributed by atoms with Crippen LogP contribution in [0.1, 0.15) is 17.4 Å². The molecule has 1 aromatic carbocycles. The van der Waals surface area contributed by atoms with E-state index in [0.29, 0.717) is 25.3 Å². The molecule has 8 heteroatoms. The number of ether oxygens (including phenoxy) is 2. The number of aromatic nitrogens is 1. The van der Waals surface area contributed by atoms with Crippen molar-refractivity contribution in [2.75, 3.05) is 19.7 Å². The molecule has 1 aliphatic heterocycles. The number of hydrogen-bond donors (Lipinski definition) is 1. The zero-order chi connectivity index (χ0) is 17.9. The molecule has 25 heavy (non-hydrogen) atoms. The Labute approximate surface area is 141 Å². The van der Waals surface area contributed by atoms with Crippen molar-refractivity contribution in [3.05, 3.63) is 59.7 Å². The Hall–Kier alpha value is -2.19. The molecule has 0 radical (unpaired) electrons. The van der Waals surface area contributed by atoms with Gasteiger partial charge in [0.25, 0.3) is 0 Å². The Bertz CT molecular complexity index is 704. The van der Waals surface area contributed by atoms with Gasteiger partial charge in [-0.3, -0.25) is 0 Å². The average Bonchev–Trinajstić information content (AvgIpc) is 2.61. The highest BCUT2D eigenvalue weighted by molar-refractivity contribution is 5.33. The van der Waals surface area contributed by atoms with Gasteiger partial charge in [0.05, 0.1) is 6.61 Å². The van der Waals surface area contributed by atoms with E-state index in [1.165, 1.54) is 0 Å². The lowest BCUT2D eigenvalue weighted by Gasteiger charge is -2.32. The van der Waals surface area contributed by atoms with E-state index in [-0.39, 0.29) is 0 Å². The Morgan fingerprint density at radius 1 is 1.20 bits per heavy atom. The molecule has 0 aliphatic carbocycles. The van der Waals surface area contributed by atoms with E-state index < -0.39 is 35.6 Å². The van der Waals surface area contributed by atoms with E-state index in [2.05, 4.69) is 10.3 Å². The standard InChI is InChI=1S/C17H16F4N2O2/c18-12-6-7-23-16(17(19,20)21)15(12)25-14(11-4-2-1-3-5-11)13-10-22-8-9-24-13/h1-7,13-14,22H,8-10H2/t13-,14-/m0/s1. The summed E-state index contributed by atoms with van der Waals surface area (Å²) in [5.41, 5.74) is -0.801. The van der Waals surface area contributed by atoms with E-state index in [1.54, 1.807) is 30.3 Å². The Kier molecular flexibility index (Phi) is 5.19. The molecule has 1 fully saturated rings. The minimum Gasteiger partial charge on any atom is -0.478 e. The van der Waals surface area contributed by atoms with Crippen LogP contribution in [0.3, 0.4) is 0 Å². The molecule has 134 valence electrons. The molecular weight excluding hydrogens is 340 g/mol. The minimum absolute atomic E-state index is 0.378. The first kappa shape index (κ1) is 17.6. The highest BCUT2D eigenvalue weighted by atomic mass is 19.4. The predicted octanol–water partition coefficient (Wildman–Crippen LogP) is 3.35. The van der Waals surface area contributed by atoms with Crippen LogP contribution in [0.5, 0.6) is 5.75 Å². The Morgan fingerprint density at radius 2 is 1.96 bits per heavy atom. The van der Waals surface area contributed by atoms with Gasteiger partial charge in [-0.05, 0) is 11.6 Å². The third-order valence-corrected chi connectivity index (χ3v) is 3.79. The summed E-state index contributed by atoms with van der Waals surface area (Å²) < 4.78 is 64.7. The molecule has 2 aromatic rings. The zero-order valence-electron chi connectivity index (χ0n) is 13.1. The fourth-order valence-corrected chi connectivity index (χ4v) is 2.65. The van der Waals surface area contributed by atoms with E-state index >= 15 is 0 Å². The van der Waals surface area contributed by atoms with Gasteiger partial charge < -0.3 is 14.8 Å². The third kappa shape index (κ3) is 4.08. The molecule has 0 saturated carbocycles. The minimum atomic E-state index is -4.83. The predicted molar refractivity (Wildman–Crippen MR) is 81.6 cm³/mol. The van der Waals surface area contributed by atoms with Crippen LogP contribution in [0.25, 0.3) is 0 Å². The van der Waals surface area contributed by atoms with Crippen molar-refractivity contribution in [2.24, 2.45) is 0 Å². The van der Waals surface area contributed by atoms with E-state index in [9.17, 15) is 17.6 Å². The molecule has 1 N–H and O–H groups in total. The van der Waals surface area contributed by atoms with Crippen molar-refractivity contribution >= 4 is 0 Å². The van der Waals surface area contributed by atoms with Crippen LogP contribution in [0, 0.1) is 5.82 Å². The molecular formula is C17H16F4N2O2. The summed E-state index contributed by atoms with van der Waals surface area (Å²) in [6.45, 7) is 1.40. The summed E-state index contributed by atoms with van der Waals surface area (Å²) in [4.78, 5) is 3.26. The zero-order valence-corrected chi connectivity index (χ0v) is 13.1. The summed E-state index contributed by atoms with van der Waals surface area (Å²) in [6.07, 6.45) is -5.53. The highest BCUT2D eigenvalue weighted by Gasteiger charge is 2.39. The second-order valence-electron chi connectivity index (χ2n) is 5.53. The third-order valence-electron chi connectivity index (χ3n) is 3.79. The molecule has 1 saturated heterocycles. The summed E-state index contributed by atoms with van der Waals surface area (Å²) in [5.74, 6) is -2.04. The number of morpholine rings is 1. The molecule has 1 aromatic heterocycles. The van der Waals surface area contributed by atoms with Crippen molar-refractivity contribution < 1.29 is 27.0 Å². The maximum atomic E-state index is 14.1. The number of benzene rings is 1.